The first-order chi connectivity index (χ1) is 9.99. The van der Waals surface area contributed by atoms with E-state index in [4.69, 9.17) is 23.2 Å². The number of aliphatic hydroxyl groups excluding tert-OH is 1. The summed E-state index contributed by atoms with van der Waals surface area (Å²) in [4.78, 5) is 12.4. The maximum absolute atomic E-state index is 12.4. The molecule has 2 aromatic rings. The fourth-order valence-electron chi connectivity index (χ4n) is 2.72. The number of carbonyl (C=O) groups is 1. The van der Waals surface area contributed by atoms with Gasteiger partial charge in [-0.2, -0.15) is 0 Å². The number of nitrogens with one attached hydrogen (secondary N) is 1. The summed E-state index contributed by atoms with van der Waals surface area (Å²) in [6.45, 7) is 0. The molecule has 1 amide bonds. The summed E-state index contributed by atoms with van der Waals surface area (Å²) in [5.74, 6) is -0.313. The summed E-state index contributed by atoms with van der Waals surface area (Å²) in [5.41, 5.74) is 2.37. The molecule has 2 unspecified atom stereocenters. The van der Waals surface area contributed by atoms with Gasteiger partial charge in [-0.1, -0.05) is 47.5 Å². The van der Waals surface area contributed by atoms with Crippen LogP contribution in [0.2, 0.25) is 10.2 Å². The van der Waals surface area contributed by atoms with Crippen molar-refractivity contribution >= 4 is 29.1 Å². The molecule has 0 spiro atoms. The molecule has 0 bridgehead atoms. The van der Waals surface area contributed by atoms with E-state index in [1.807, 2.05) is 24.3 Å². The van der Waals surface area contributed by atoms with Crippen LogP contribution in [0.4, 0.5) is 0 Å². The molecule has 0 saturated carbocycles. The summed E-state index contributed by atoms with van der Waals surface area (Å²) in [5, 5.41) is 13.7. The minimum Gasteiger partial charge on any atom is -0.390 e. The van der Waals surface area contributed by atoms with E-state index in [-0.39, 0.29) is 5.91 Å². The van der Waals surface area contributed by atoms with Crippen LogP contribution in [0, 0.1) is 0 Å². The molecule has 1 aliphatic carbocycles. The van der Waals surface area contributed by atoms with Crippen LogP contribution >= 0.6 is 23.2 Å². The Bertz CT molecular complexity index is 712. The van der Waals surface area contributed by atoms with Gasteiger partial charge in [-0.15, -0.1) is 0 Å². The van der Waals surface area contributed by atoms with Crippen LogP contribution in [0.15, 0.2) is 30.3 Å². The van der Waals surface area contributed by atoms with E-state index >= 15 is 0 Å². The first-order valence-corrected chi connectivity index (χ1v) is 7.32. The van der Waals surface area contributed by atoms with Crippen molar-refractivity contribution in [3.63, 3.8) is 0 Å². The van der Waals surface area contributed by atoms with Gasteiger partial charge < -0.3 is 15.0 Å². The number of hydrogen-bond donors (Lipinski definition) is 2. The van der Waals surface area contributed by atoms with Gasteiger partial charge in [0.25, 0.3) is 5.91 Å². The van der Waals surface area contributed by atoms with E-state index in [2.05, 4.69) is 5.32 Å². The first-order valence-electron chi connectivity index (χ1n) is 6.56. The predicted octanol–water partition coefficient (Wildman–Crippen LogP) is 2.72. The second-order valence-corrected chi connectivity index (χ2v) is 5.91. The van der Waals surface area contributed by atoms with Crippen LogP contribution in [-0.2, 0) is 13.5 Å². The van der Waals surface area contributed by atoms with Gasteiger partial charge in [-0.3, -0.25) is 4.79 Å². The molecule has 21 heavy (non-hydrogen) atoms. The highest BCUT2D eigenvalue weighted by atomic mass is 35.5. The van der Waals surface area contributed by atoms with Crippen LogP contribution in [0.5, 0.6) is 0 Å². The van der Waals surface area contributed by atoms with Crippen molar-refractivity contribution in [2.24, 2.45) is 7.05 Å². The van der Waals surface area contributed by atoms with Crippen LogP contribution in [-0.4, -0.2) is 21.7 Å². The average Bonchev–Trinajstić information content (AvgIpc) is 2.91. The Morgan fingerprint density at radius 2 is 2.10 bits per heavy atom. The first kappa shape index (κ1) is 14.4. The highest BCUT2D eigenvalue weighted by Gasteiger charge is 2.32. The van der Waals surface area contributed by atoms with Gasteiger partial charge in [0.05, 0.1) is 17.2 Å². The third-order valence-corrected chi connectivity index (χ3v) is 4.68. The summed E-state index contributed by atoms with van der Waals surface area (Å²) in [7, 11) is 1.67. The van der Waals surface area contributed by atoms with Gasteiger partial charge in [0.15, 0.2) is 0 Å². The number of amides is 1. The largest absolute Gasteiger partial charge is 0.390 e. The summed E-state index contributed by atoms with van der Waals surface area (Å²) >= 11 is 11.9. The molecule has 2 atom stereocenters. The zero-order valence-electron chi connectivity index (χ0n) is 11.3. The van der Waals surface area contributed by atoms with Gasteiger partial charge in [-0.25, -0.2) is 0 Å². The number of carbonyl (C=O) groups excluding carboxylic acids is 1. The number of aliphatic hydroxyl groups is 1. The molecular weight excluding hydrogens is 311 g/mol. The SMILES string of the molecule is Cn1c(C(=O)NC2c3ccccc3CC2O)cc(Cl)c1Cl. The Labute approximate surface area is 132 Å². The van der Waals surface area contributed by atoms with E-state index in [0.29, 0.717) is 22.3 Å². The molecule has 0 saturated heterocycles. The Balaban J connectivity index is 1.87. The van der Waals surface area contributed by atoms with E-state index in [0.717, 1.165) is 11.1 Å². The van der Waals surface area contributed by atoms with Crippen molar-refractivity contribution in [1.29, 1.82) is 0 Å². The molecule has 110 valence electrons. The lowest BCUT2D eigenvalue weighted by Crippen LogP contribution is -2.34. The lowest BCUT2D eigenvalue weighted by atomic mass is 10.1. The highest BCUT2D eigenvalue weighted by molar-refractivity contribution is 6.41. The summed E-state index contributed by atoms with van der Waals surface area (Å²) < 4.78 is 1.52. The molecule has 3 rings (SSSR count). The smallest absolute Gasteiger partial charge is 0.268 e. The van der Waals surface area contributed by atoms with Crippen molar-refractivity contribution < 1.29 is 9.90 Å². The molecule has 1 aromatic heterocycles. The number of rotatable bonds is 2. The van der Waals surface area contributed by atoms with Crippen LogP contribution in [0.3, 0.4) is 0 Å². The van der Waals surface area contributed by atoms with Crippen LogP contribution in [0.25, 0.3) is 0 Å². The molecule has 0 fully saturated rings. The van der Waals surface area contributed by atoms with Crippen molar-refractivity contribution in [3.05, 3.63) is 57.3 Å². The van der Waals surface area contributed by atoms with Gasteiger partial charge >= 0.3 is 0 Å². The average molecular weight is 325 g/mol. The van der Waals surface area contributed by atoms with Gasteiger partial charge in [0, 0.05) is 13.5 Å². The number of aromatic nitrogens is 1. The van der Waals surface area contributed by atoms with Gasteiger partial charge in [0.2, 0.25) is 0 Å². The number of nitrogens with zero attached hydrogens (tertiary/aromatic N) is 1. The molecule has 2 N–H and O–H groups in total. The maximum Gasteiger partial charge on any atom is 0.268 e. The molecular formula is C15H14Cl2N2O2. The lowest BCUT2D eigenvalue weighted by Gasteiger charge is -2.18. The fraction of sp³-hybridized carbons (Fsp3) is 0.267. The molecule has 1 aromatic carbocycles. The van der Waals surface area contributed by atoms with E-state index in [1.165, 1.54) is 10.6 Å². The van der Waals surface area contributed by atoms with Gasteiger partial charge in [0.1, 0.15) is 10.8 Å². The zero-order valence-corrected chi connectivity index (χ0v) is 12.8. The molecule has 0 radical (unpaired) electrons. The van der Waals surface area contributed by atoms with Crippen LogP contribution < -0.4 is 5.32 Å². The molecule has 0 aliphatic heterocycles. The Morgan fingerprint density at radius 3 is 2.76 bits per heavy atom. The van der Waals surface area contributed by atoms with E-state index < -0.39 is 12.1 Å². The molecule has 1 heterocycles. The Kier molecular flexibility index (Phi) is 3.69. The third-order valence-electron chi connectivity index (χ3n) is 3.84. The predicted molar refractivity (Wildman–Crippen MR) is 81.8 cm³/mol. The summed E-state index contributed by atoms with van der Waals surface area (Å²) in [6.07, 6.45) is -0.0898. The van der Waals surface area contributed by atoms with Gasteiger partial charge in [-0.05, 0) is 17.2 Å². The number of halogens is 2. The second kappa shape index (κ2) is 5.37. The van der Waals surface area contributed by atoms with Crippen LogP contribution in [0.1, 0.15) is 27.7 Å². The lowest BCUT2D eigenvalue weighted by molar-refractivity contribution is 0.0850. The minimum absolute atomic E-state index is 0.313. The summed E-state index contributed by atoms with van der Waals surface area (Å²) in [6, 6.07) is 8.80. The molecule has 6 heteroatoms. The Morgan fingerprint density at radius 1 is 1.38 bits per heavy atom. The Hall–Kier alpha value is -1.49. The van der Waals surface area contributed by atoms with Crippen molar-refractivity contribution in [1.82, 2.24) is 9.88 Å². The minimum atomic E-state index is -0.627. The third kappa shape index (κ3) is 2.44. The number of fused-ring (bicyclic) bond motifs is 1. The van der Waals surface area contributed by atoms with Crippen molar-refractivity contribution in [2.45, 2.75) is 18.6 Å². The molecule has 4 nitrogen and oxygen atoms in total. The van der Waals surface area contributed by atoms with E-state index in [9.17, 15) is 9.90 Å². The van der Waals surface area contributed by atoms with E-state index in [1.54, 1.807) is 7.05 Å². The fourth-order valence-corrected chi connectivity index (χ4v) is 3.10. The van der Waals surface area contributed by atoms with Crippen molar-refractivity contribution in [2.75, 3.05) is 0 Å². The second-order valence-electron chi connectivity index (χ2n) is 5.15. The quantitative estimate of drug-likeness (QED) is 0.892. The number of hydrogen-bond acceptors (Lipinski definition) is 2. The number of benzene rings is 1. The normalized spacial score (nSPS) is 20.4. The standard InChI is InChI=1S/C15H14Cl2N2O2/c1-19-11(7-10(16)14(19)17)15(21)18-13-9-5-3-2-4-8(9)6-12(13)20/h2-5,7,12-13,20H,6H2,1H3,(H,18,21). The molecule has 1 aliphatic rings. The zero-order chi connectivity index (χ0) is 15.1. The van der Waals surface area contributed by atoms with Crippen molar-refractivity contribution in [3.8, 4) is 0 Å². The topological polar surface area (TPSA) is 54.3 Å². The maximum atomic E-state index is 12.4. The monoisotopic (exact) mass is 324 g/mol. The highest BCUT2D eigenvalue weighted by Crippen LogP contribution is 2.32.